The lowest BCUT2D eigenvalue weighted by Gasteiger charge is -2.26. The van der Waals surface area contributed by atoms with Crippen molar-refractivity contribution in [2.45, 2.75) is 30.8 Å². The molecule has 0 saturated carbocycles. The summed E-state index contributed by atoms with van der Waals surface area (Å²) in [6, 6.07) is 0. The van der Waals surface area contributed by atoms with Gasteiger partial charge in [-0.2, -0.15) is 0 Å². The Hall–Kier alpha value is -0.160. The first-order valence-corrected chi connectivity index (χ1v) is 3.78. The highest BCUT2D eigenvalue weighted by Crippen LogP contribution is 2.39. The number of fused-ring (bicyclic) bond motifs is 2. The predicted molar refractivity (Wildman–Crippen MR) is 36.1 cm³/mol. The number of rotatable bonds is 1. The van der Waals surface area contributed by atoms with Gasteiger partial charge in [0.2, 0.25) is 0 Å². The molecule has 2 aliphatic rings. The van der Waals surface area contributed by atoms with Gasteiger partial charge in [0, 0.05) is 0 Å². The molecule has 2 rings (SSSR count). The zero-order valence-electron chi connectivity index (χ0n) is 6.36. The fourth-order valence-electron chi connectivity index (χ4n) is 1.82. The highest BCUT2D eigenvalue weighted by Gasteiger charge is 2.59. The van der Waals surface area contributed by atoms with Crippen LogP contribution in [0.2, 0.25) is 0 Å². The standard InChI is InChI=1S/C7H12O4/c1-4-5-6(9)7(2-8,11-4)3-10-5/h4-6,8-9H,2-3H2,1H3/t4-,5?,6+,7-/m0/s1. The summed E-state index contributed by atoms with van der Waals surface area (Å²) in [5, 5.41) is 18.5. The van der Waals surface area contributed by atoms with E-state index in [-0.39, 0.29) is 18.8 Å². The highest BCUT2D eigenvalue weighted by molar-refractivity contribution is 5.06. The van der Waals surface area contributed by atoms with Crippen molar-refractivity contribution in [1.82, 2.24) is 0 Å². The zero-order chi connectivity index (χ0) is 8.06. The fourth-order valence-corrected chi connectivity index (χ4v) is 1.82. The molecule has 4 atom stereocenters. The molecule has 4 nitrogen and oxygen atoms in total. The van der Waals surface area contributed by atoms with Gasteiger partial charge < -0.3 is 19.7 Å². The van der Waals surface area contributed by atoms with Gasteiger partial charge in [-0.05, 0) is 6.92 Å². The van der Waals surface area contributed by atoms with Gasteiger partial charge in [-0.15, -0.1) is 0 Å². The molecule has 2 fully saturated rings. The molecule has 0 aromatic heterocycles. The Bertz CT molecular complexity index is 172. The number of aliphatic hydroxyl groups is 2. The molecule has 1 unspecified atom stereocenters. The van der Waals surface area contributed by atoms with Crippen LogP contribution < -0.4 is 0 Å². The average Bonchev–Trinajstić information content (AvgIpc) is 2.42. The summed E-state index contributed by atoms with van der Waals surface area (Å²) in [6.07, 6.45) is -1.02. The molecular weight excluding hydrogens is 148 g/mol. The Morgan fingerprint density at radius 2 is 2.36 bits per heavy atom. The fraction of sp³-hybridized carbons (Fsp3) is 1.00. The molecule has 0 radical (unpaired) electrons. The molecule has 2 N–H and O–H groups in total. The van der Waals surface area contributed by atoms with Crippen LogP contribution in [-0.4, -0.2) is 47.3 Å². The number of hydrogen-bond acceptors (Lipinski definition) is 4. The van der Waals surface area contributed by atoms with Crippen LogP contribution in [-0.2, 0) is 9.47 Å². The third-order valence-electron chi connectivity index (χ3n) is 2.52. The maximum absolute atomic E-state index is 9.54. The lowest BCUT2D eigenvalue weighted by molar-refractivity contribution is -0.155. The molecular formula is C7H12O4. The van der Waals surface area contributed by atoms with Crippen LogP contribution in [0.4, 0.5) is 0 Å². The van der Waals surface area contributed by atoms with Crippen LogP contribution in [0.1, 0.15) is 6.92 Å². The quantitative estimate of drug-likeness (QED) is 0.511. The van der Waals surface area contributed by atoms with Crippen LogP contribution in [0.5, 0.6) is 0 Å². The van der Waals surface area contributed by atoms with Crippen molar-refractivity contribution in [1.29, 1.82) is 0 Å². The van der Waals surface area contributed by atoms with Crippen molar-refractivity contribution in [3.05, 3.63) is 0 Å². The molecule has 0 amide bonds. The summed E-state index contributed by atoms with van der Waals surface area (Å²) in [5.74, 6) is 0. The van der Waals surface area contributed by atoms with E-state index in [1.54, 1.807) is 0 Å². The molecule has 4 heteroatoms. The summed E-state index contributed by atoms with van der Waals surface area (Å²) in [6.45, 7) is 1.97. The maximum Gasteiger partial charge on any atom is 0.143 e. The lowest BCUT2D eigenvalue weighted by Crippen LogP contribution is -2.44. The third-order valence-corrected chi connectivity index (χ3v) is 2.52. The van der Waals surface area contributed by atoms with Gasteiger partial charge in [0.15, 0.2) is 0 Å². The minimum atomic E-state index is -0.829. The second-order valence-electron chi connectivity index (χ2n) is 3.27. The van der Waals surface area contributed by atoms with Crippen LogP contribution in [0.3, 0.4) is 0 Å². The largest absolute Gasteiger partial charge is 0.393 e. The van der Waals surface area contributed by atoms with Crippen LogP contribution in [0.25, 0.3) is 0 Å². The predicted octanol–water partition coefficient (Wildman–Crippen LogP) is -1.10. The maximum atomic E-state index is 9.54. The van der Waals surface area contributed by atoms with E-state index in [0.717, 1.165) is 0 Å². The van der Waals surface area contributed by atoms with Crippen molar-refractivity contribution in [3.8, 4) is 0 Å². The van der Waals surface area contributed by atoms with Gasteiger partial charge >= 0.3 is 0 Å². The summed E-state index contributed by atoms with van der Waals surface area (Å²) in [4.78, 5) is 0. The van der Waals surface area contributed by atoms with E-state index < -0.39 is 11.7 Å². The Balaban J connectivity index is 2.24. The van der Waals surface area contributed by atoms with E-state index >= 15 is 0 Å². The van der Waals surface area contributed by atoms with Crippen molar-refractivity contribution >= 4 is 0 Å². The summed E-state index contributed by atoms with van der Waals surface area (Å²) >= 11 is 0. The third kappa shape index (κ3) is 0.780. The Morgan fingerprint density at radius 3 is 2.64 bits per heavy atom. The highest BCUT2D eigenvalue weighted by atomic mass is 16.6. The zero-order valence-corrected chi connectivity index (χ0v) is 6.36. The van der Waals surface area contributed by atoms with Crippen molar-refractivity contribution in [2.75, 3.05) is 13.2 Å². The van der Waals surface area contributed by atoms with E-state index in [2.05, 4.69) is 0 Å². The van der Waals surface area contributed by atoms with E-state index in [1.165, 1.54) is 0 Å². The first-order valence-electron chi connectivity index (χ1n) is 3.78. The van der Waals surface area contributed by atoms with Gasteiger partial charge in [0.25, 0.3) is 0 Å². The molecule has 2 heterocycles. The van der Waals surface area contributed by atoms with Crippen LogP contribution in [0.15, 0.2) is 0 Å². The van der Waals surface area contributed by atoms with E-state index in [4.69, 9.17) is 14.6 Å². The second kappa shape index (κ2) is 2.17. The van der Waals surface area contributed by atoms with Gasteiger partial charge in [0.1, 0.15) is 17.8 Å². The lowest BCUT2D eigenvalue weighted by atomic mass is 10.0. The second-order valence-corrected chi connectivity index (χ2v) is 3.27. The summed E-state index contributed by atoms with van der Waals surface area (Å²) in [7, 11) is 0. The minimum Gasteiger partial charge on any atom is -0.393 e. The van der Waals surface area contributed by atoms with E-state index in [1.807, 2.05) is 6.92 Å². The van der Waals surface area contributed by atoms with Gasteiger partial charge in [-0.1, -0.05) is 0 Å². The number of aliphatic hydroxyl groups excluding tert-OH is 2. The number of ether oxygens (including phenoxy) is 2. The number of hydrogen-bond donors (Lipinski definition) is 2. The first-order chi connectivity index (χ1) is 5.19. The van der Waals surface area contributed by atoms with Gasteiger partial charge in [-0.3, -0.25) is 0 Å². The van der Waals surface area contributed by atoms with Crippen molar-refractivity contribution < 1.29 is 19.7 Å². The molecule has 0 aliphatic carbocycles. The normalized spacial score (nSPS) is 55.4. The Morgan fingerprint density at radius 1 is 1.64 bits per heavy atom. The van der Waals surface area contributed by atoms with Gasteiger partial charge in [-0.25, -0.2) is 0 Å². The molecule has 11 heavy (non-hydrogen) atoms. The molecule has 2 saturated heterocycles. The SMILES string of the molecule is C[C@@H]1O[C@@]2(CO)COC1[C@H]2O. The topological polar surface area (TPSA) is 58.9 Å². The molecule has 2 bridgehead atoms. The monoisotopic (exact) mass is 160 g/mol. The van der Waals surface area contributed by atoms with Crippen molar-refractivity contribution in [2.24, 2.45) is 0 Å². The van der Waals surface area contributed by atoms with Crippen LogP contribution in [0, 0.1) is 0 Å². The minimum absolute atomic E-state index is 0.106. The van der Waals surface area contributed by atoms with E-state index in [0.29, 0.717) is 6.61 Å². The van der Waals surface area contributed by atoms with Crippen molar-refractivity contribution in [3.63, 3.8) is 0 Å². The molecule has 0 aromatic carbocycles. The molecule has 0 aromatic rings. The van der Waals surface area contributed by atoms with E-state index in [9.17, 15) is 5.11 Å². The Labute approximate surface area is 64.7 Å². The van der Waals surface area contributed by atoms with Gasteiger partial charge in [0.05, 0.1) is 19.3 Å². The Kier molecular flexibility index (Phi) is 1.47. The molecule has 2 aliphatic heterocycles. The average molecular weight is 160 g/mol. The smallest absolute Gasteiger partial charge is 0.143 e. The first kappa shape index (κ1) is 7.49. The summed E-state index contributed by atoms with van der Waals surface area (Å²) < 4.78 is 10.6. The molecule has 64 valence electrons. The molecule has 0 spiro atoms. The van der Waals surface area contributed by atoms with Crippen LogP contribution >= 0.6 is 0 Å². The summed E-state index contributed by atoms with van der Waals surface area (Å²) in [5.41, 5.74) is -0.829.